The van der Waals surface area contributed by atoms with Crippen molar-refractivity contribution in [1.29, 1.82) is 0 Å². The highest BCUT2D eigenvalue weighted by molar-refractivity contribution is 7.09. The lowest BCUT2D eigenvalue weighted by atomic mass is 10.3. The minimum absolute atomic E-state index is 0.0788. The molecule has 0 unspecified atom stereocenters. The van der Waals surface area contributed by atoms with Crippen LogP contribution in [0.5, 0.6) is 0 Å². The van der Waals surface area contributed by atoms with Crippen LogP contribution >= 0.6 is 11.3 Å². The Morgan fingerprint density at radius 3 is 2.83 bits per heavy atom. The lowest BCUT2D eigenvalue weighted by Crippen LogP contribution is -2.28. The summed E-state index contributed by atoms with van der Waals surface area (Å²) in [6, 6.07) is 9.61. The molecule has 0 atom stereocenters. The molecular weight excluding hydrogens is 244 g/mol. The van der Waals surface area contributed by atoms with E-state index in [-0.39, 0.29) is 5.56 Å². The molecule has 2 aromatic rings. The van der Waals surface area contributed by atoms with Gasteiger partial charge in [0.15, 0.2) is 0 Å². The molecule has 0 fully saturated rings. The number of nitrogens with one attached hydrogen (secondary N) is 1. The Morgan fingerprint density at radius 1 is 1.22 bits per heavy atom. The second-order valence-electron chi connectivity index (χ2n) is 4.24. The standard InChI is InChI=1S/C14H18N2OS/c1-12-4-2-6-14(17)16(12)10-9-15-8-7-13-5-3-11-18-13/h2-6,11,15H,7-10H2,1H3. The molecule has 0 bridgehead atoms. The third-order valence-electron chi connectivity index (χ3n) is 2.91. The summed E-state index contributed by atoms with van der Waals surface area (Å²) >= 11 is 1.79. The molecule has 4 heteroatoms. The Bertz CT molecular complexity index is 531. The lowest BCUT2D eigenvalue weighted by molar-refractivity contribution is 0.577. The van der Waals surface area contributed by atoms with E-state index in [2.05, 4.69) is 22.8 Å². The summed E-state index contributed by atoms with van der Waals surface area (Å²) in [6.07, 6.45) is 1.06. The van der Waals surface area contributed by atoms with Gasteiger partial charge in [0.1, 0.15) is 0 Å². The molecule has 3 nitrogen and oxygen atoms in total. The Morgan fingerprint density at radius 2 is 2.11 bits per heavy atom. The first kappa shape index (κ1) is 13.1. The molecule has 18 heavy (non-hydrogen) atoms. The van der Waals surface area contributed by atoms with Gasteiger partial charge < -0.3 is 9.88 Å². The van der Waals surface area contributed by atoms with Crippen molar-refractivity contribution in [3.05, 3.63) is 56.6 Å². The van der Waals surface area contributed by atoms with Crippen LogP contribution in [0.3, 0.4) is 0 Å². The number of pyridine rings is 1. The zero-order chi connectivity index (χ0) is 12.8. The lowest BCUT2D eigenvalue weighted by Gasteiger charge is -2.09. The summed E-state index contributed by atoms with van der Waals surface area (Å²) in [5.74, 6) is 0. The van der Waals surface area contributed by atoms with Crippen molar-refractivity contribution in [3.63, 3.8) is 0 Å². The molecule has 0 amide bonds. The molecule has 0 saturated heterocycles. The third-order valence-corrected chi connectivity index (χ3v) is 3.84. The summed E-state index contributed by atoms with van der Waals surface area (Å²) in [4.78, 5) is 13.0. The van der Waals surface area contributed by atoms with Crippen molar-refractivity contribution in [3.8, 4) is 0 Å². The maximum absolute atomic E-state index is 11.6. The fourth-order valence-electron chi connectivity index (χ4n) is 1.89. The van der Waals surface area contributed by atoms with E-state index >= 15 is 0 Å². The van der Waals surface area contributed by atoms with Gasteiger partial charge in [-0.3, -0.25) is 4.79 Å². The molecule has 1 N–H and O–H groups in total. The Hall–Kier alpha value is -1.39. The van der Waals surface area contributed by atoms with Gasteiger partial charge in [-0.25, -0.2) is 0 Å². The molecule has 0 aliphatic heterocycles. The van der Waals surface area contributed by atoms with Gasteiger partial charge in [0.25, 0.3) is 5.56 Å². The van der Waals surface area contributed by atoms with Crippen LogP contribution in [0.2, 0.25) is 0 Å². The van der Waals surface area contributed by atoms with Crippen LogP contribution < -0.4 is 10.9 Å². The molecule has 0 aliphatic carbocycles. The van der Waals surface area contributed by atoms with Gasteiger partial charge in [-0.05, 0) is 30.9 Å². The van der Waals surface area contributed by atoms with Crippen LogP contribution in [0.1, 0.15) is 10.6 Å². The zero-order valence-electron chi connectivity index (χ0n) is 10.6. The first-order chi connectivity index (χ1) is 8.77. The minimum Gasteiger partial charge on any atom is -0.315 e. The highest BCUT2D eigenvalue weighted by Crippen LogP contribution is 2.07. The van der Waals surface area contributed by atoms with Crippen LogP contribution in [0.4, 0.5) is 0 Å². The summed E-state index contributed by atoms with van der Waals surface area (Å²) in [5.41, 5.74) is 1.10. The minimum atomic E-state index is 0.0788. The number of aryl methyl sites for hydroxylation is 1. The predicted molar refractivity (Wildman–Crippen MR) is 76.3 cm³/mol. The average Bonchev–Trinajstić information content (AvgIpc) is 2.85. The zero-order valence-corrected chi connectivity index (χ0v) is 11.4. The number of thiophene rings is 1. The quantitative estimate of drug-likeness (QED) is 0.808. The van der Waals surface area contributed by atoms with E-state index in [1.54, 1.807) is 28.0 Å². The van der Waals surface area contributed by atoms with E-state index in [1.165, 1.54) is 4.88 Å². The molecular formula is C14H18N2OS. The van der Waals surface area contributed by atoms with Crippen molar-refractivity contribution in [2.45, 2.75) is 19.9 Å². The molecule has 0 saturated carbocycles. The smallest absolute Gasteiger partial charge is 0.250 e. The van der Waals surface area contributed by atoms with Gasteiger partial charge in [0.05, 0.1) is 0 Å². The fourth-order valence-corrected chi connectivity index (χ4v) is 2.60. The summed E-state index contributed by atoms with van der Waals surface area (Å²) in [6.45, 7) is 4.49. The van der Waals surface area contributed by atoms with E-state index in [4.69, 9.17) is 0 Å². The maximum Gasteiger partial charge on any atom is 0.250 e. The Labute approximate surface area is 111 Å². The highest BCUT2D eigenvalue weighted by atomic mass is 32.1. The van der Waals surface area contributed by atoms with Crippen molar-refractivity contribution in [1.82, 2.24) is 9.88 Å². The highest BCUT2D eigenvalue weighted by Gasteiger charge is 1.98. The van der Waals surface area contributed by atoms with Crippen molar-refractivity contribution >= 4 is 11.3 Å². The van der Waals surface area contributed by atoms with E-state index in [9.17, 15) is 4.79 Å². The molecule has 2 heterocycles. The second kappa shape index (κ2) is 6.52. The summed E-state index contributed by atoms with van der Waals surface area (Å²) in [7, 11) is 0. The average molecular weight is 262 g/mol. The number of rotatable bonds is 6. The fraction of sp³-hybridized carbons (Fsp3) is 0.357. The number of nitrogens with zero attached hydrogens (tertiary/aromatic N) is 1. The van der Waals surface area contributed by atoms with Crippen molar-refractivity contribution in [2.75, 3.05) is 13.1 Å². The van der Waals surface area contributed by atoms with Gasteiger partial charge in [0.2, 0.25) is 0 Å². The SMILES string of the molecule is Cc1cccc(=O)n1CCNCCc1cccs1. The van der Waals surface area contributed by atoms with E-state index in [1.807, 2.05) is 13.0 Å². The number of hydrogen-bond donors (Lipinski definition) is 1. The van der Waals surface area contributed by atoms with Crippen LogP contribution in [0, 0.1) is 6.92 Å². The van der Waals surface area contributed by atoms with Gasteiger partial charge in [-0.15, -0.1) is 11.3 Å². The topological polar surface area (TPSA) is 34.0 Å². The van der Waals surface area contributed by atoms with Gasteiger partial charge in [-0.2, -0.15) is 0 Å². The molecule has 2 rings (SSSR count). The van der Waals surface area contributed by atoms with Crippen LogP contribution in [0.15, 0.2) is 40.5 Å². The maximum atomic E-state index is 11.6. The predicted octanol–water partition coefficient (Wildman–Crippen LogP) is 2.05. The molecule has 0 spiro atoms. The molecule has 0 aliphatic rings. The van der Waals surface area contributed by atoms with Gasteiger partial charge in [0, 0.05) is 36.3 Å². The number of hydrogen-bond acceptors (Lipinski definition) is 3. The van der Waals surface area contributed by atoms with Crippen LogP contribution in [0.25, 0.3) is 0 Å². The first-order valence-electron chi connectivity index (χ1n) is 6.17. The molecule has 2 aromatic heterocycles. The molecule has 0 aromatic carbocycles. The normalized spacial score (nSPS) is 10.7. The van der Waals surface area contributed by atoms with E-state index in [0.717, 1.165) is 31.7 Å². The van der Waals surface area contributed by atoms with Crippen molar-refractivity contribution < 1.29 is 0 Å². The summed E-state index contributed by atoms with van der Waals surface area (Å²) in [5, 5.41) is 5.47. The van der Waals surface area contributed by atoms with Gasteiger partial charge >= 0.3 is 0 Å². The Kier molecular flexibility index (Phi) is 4.73. The largest absolute Gasteiger partial charge is 0.315 e. The second-order valence-corrected chi connectivity index (χ2v) is 5.27. The third kappa shape index (κ3) is 3.55. The number of aromatic nitrogens is 1. The van der Waals surface area contributed by atoms with E-state index in [0.29, 0.717) is 0 Å². The van der Waals surface area contributed by atoms with Crippen LogP contribution in [-0.2, 0) is 13.0 Å². The van der Waals surface area contributed by atoms with Gasteiger partial charge in [-0.1, -0.05) is 12.1 Å². The van der Waals surface area contributed by atoms with Crippen LogP contribution in [-0.4, -0.2) is 17.7 Å². The van der Waals surface area contributed by atoms with E-state index < -0.39 is 0 Å². The first-order valence-corrected chi connectivity index (χ1v) is 7.05. The Balaban J connectivity index is 1.74. The van der Waals surface area contributed by atoms with Crippen molar-refractivity contribution in [2.24, 2.45) is 0 Å². The molecule has 96 valence electrons. The monoisotopic (exact) mass is 262 g/mol. The summed E-state index contributed by atoms with van der Waals surface area (Å²) < 4.78 is 1.80. The molecule has 0 radical (unpaired) electrons.